The minimum absolute atomic E-state index is 0.0754. The predicted octanol–water partition coefficient (Wildman–Crippen LogP) is 1.19. The van der Waals surface area contributed by atoms with Gasteiger partial charge in [-0.15, -0.1) is 0 Å². The molecule has 0 aromatic carbocycles. The standard InChI is InChI=1S/C11H24N2O2S2/c1-3-10(9-16-2)13-17(14,15)8-4-7-12-11-5-6-11/h10-13H,3-9H2,1-2H3. The molecule has 0 aromatic rings. The van der Waals surface area contributed by atoms with Gasteiger partial charge in [-0.05, 0) is 38.5 Å². The largest absolute Gasteiger partial charge is 0.314 e. The molecule has 0 saturated heterocycles. The molecule has 1 atom stereocenters. The summed E-state index contributed by atoms with van der Waals surface area (Å²) in [6.07, 6.45) is 6.03. The molecule has 1 aliphatic rings. The molecule has 0 bridgehead atoms. The fraction of sp³-hybridized carbons (Fsp3) is 1.00. The van der Waals surface area contributed by atoms with Crippen LogP contribution in [-0.2, 0) is 10.0 Å². The van der Waals surface area contributed by atoms with Crippen molar-refractivity contribution in [3.8, 4) is 0 Å². The number of nitrogens with one attached hydrogen (secondary N) is 2. The van der Waals surface area contributed by atoms with Crippen LogP contribution in [0.5, 0.6) is 0 Å². The van der Waals surface area contributed by atoms with Crippen LogP contribution < -0.4 is 10.0 Å². The van der Waals surface area contributed by atoms with E-state index in [4.69, 9.17) is 0 Å². The molecule has 0 spiro atoms. The normalized spacial score (nSPS) is 18.2. The van der Waals surface area contributed by atoms with Crippen LogP contribution >= 0.6 is 11.8 Å². The summed E-state index contributed by atoms with van der Waals surface area (Å²) >= 11 is 1.68. The van der Waals surface area contributed by atoms with Gasteiger partial charge in [-0.25, -0.2) is 13.1 Å². The van der Waals surface area contributed by atoms with Crippen LogP contribution in [0.4, 0.5) is 0 Å². The summed E-state index contributed by atoms with van der Waals surface area (Å²) in [5.74, 6) is 1.08. The molecule has 0 aromatic heterocycles. The van der Waals surface area contributed by atoms with Crippen molar-refractivity contribution in [3.63, 3.8) is 0 Å². The average molecular weight is 280 g/mol. The first-order valence-electron chi connectivity index (χ1n) is 6.29. The molecule has 6 heteroatoms. The van der Waals surface area contributed by atoms with Crippen molar-refractivity contribution in [2.24, 2.45) is 0 Å². The van der Waals surface area contributed by atoms with Crippen LogP contribution in [-0.4, -0.2) is 44.8 Å². The molecule has 2 N–H and O–H groups in total. The molecular formula is C11H24N2O2S2. The molecule has 0 heterocycles. The molecule has 1 aliphatic carbocycles. The van der Waals surface area contributed by atoms with Crippen LogP contribution in [0.1, 0.15) is 32.6 Å². The lowest BCUT2D eigenvalue weighted by molar-refractivity contribution is 0.553. The zero-order valence-electron chi connectivity index (χ0n) is 10.7. The second-order valence-corrected chi connectivity index (χ2v) is 7.36. The lowest BCUT2D eigenvalue weighted by atomic mass is 10.3. The summed E-state index contributed by atoms with van der Waals surface area (Å²) in [5, 5.41) is 3.33. The fourth-order valence-electron chi connectivity index (χ4n) is 1.61. The molecule has 1 fully saturated rings. The van der Waals surface area contributed by atoms with Gasteiger partial charge in [0, 0.05) is 17.8 Å². The minimum Gasteiger partial charge on any atom is -0.314 e. The van der Waals surface area contributed by atoms with Gasteiger partial charge in [-0.3, -0.25) is 0 Å². The predicted molar refractivity (Wildman–Crippen MR) is 75.0 cm³/mol. The summed E-state index contributed by atoms with van der Waals surface area (Å²) in [6.45, 7) is 2.82. The summed E-state index contributed by atoms with van der Waals surface area (Å²) in [5.41, 5.74) is 0. The number of hydrogen-bond donors (Lipinski definition) is 2. The molecule has 1 saturated carbocycles. The van der Waals surface area contributed by atoms with E-state index in [-0.39, 0.29) is 11.8 Å². The molecular weight excluding hydrogens is 256 g/mol. The van der Waals surface area contributed by atoms with Crippen molar-refractivity contribution in [2.75, 3.05) is 24.3 Å². The van der Waals surface area contributed by atoms with E-state index >= 15 is 0 Å². The third-order valence-corrected chi connectivity index (χ3v) is 5.06. The second kappa shape index (κ2) is 7.61. The third kappa shape index (κ3) is 7.28. The topological polar surface area (TPSA) is 58.2 Å². The van der Waals surface area contributed by atoms with Crippen molar-refractivity contribution in [3.05, 3.63) is 0 Å². The number of rotatable bonds is 10. The quantitative estimate of drug-likeness (QED) is 0.590. The van der Waals surface area contributed by atoms with Crippen molar-refractivity contribution in [2.45, 2.75) is 44.7 Å². The Kier molecular flexibility index (Phi) is 6.84. The third-order valence-electron chi connectivity index (χ3n) is 2.81. The van der Waals surface area contributed by atoms with E-state index in [1.165, 1.54) is 12.8 Å². The van der Waals surface area contributed by atoms with E-state index in [1.54, 1.807) is 11.8 Å². The molecule has 0 aliphatic heterocycles. The van der Waals surface area contributed by atoms with Gasteiger partial charge in [-0.2, -0.15) is 11.8 Å². The van der Waals surface area contributed by atoms with Gasteiger partial charge in [0.05, 0.1) is 5.75 Å². The Labute approximate surface area is 109 Å². The zero-order chi connectivity index (χ0) is 12.7. The SMILES string of the molecule is CCC(CSC)NS(=O)(=O)CCCNC1CC1. The van der Waals surface area contributed by atoms with Gasteiger partial charge in [0.25, 0.3) is 0 Å². The van der Waals surface area contributed by atoms with Crippen LogP contribution in [0.15, 0.2) is 0 Å². The minimum atomic E-state index is -3.10. The summed E-state index contributed by atoms with van der Waals surface area (Å²) in [7, 11) is -3.10. The van der Waals surface area contributed by atoms with E-state index in [0.717, 1.165) is 18.7 Å². The van der Waals surface area contributed by atoms with Crippen LogP contribution in [0, 0.1) is 0 Å². The van der Waals surface area contributed by atoms with Crippen LogP contribution in [0.2, 0.25) is 0 Å². The first kappa shape index (κ1) is 15.3. The van der Waals surface area contributed by atoms with E-state index in [2.05, 4.69) is 10.0 Å². The maximum Gasteiger partial charge on any atom is 0.211 e. The summed E-state index contributed by atoms with van der Waals surface area (Å²) < 4.78 is 26.3. The van der Waals surface area contributed by atoms with Crippen molar-refractivity contribution >= 4 is 21.8 Å². The second-order valence-electron chi connectivity index (χ2n) is 4.58. The lowest BCUT2D eigenvalue weighted by Crippen LogP contribution is -2.38. The Balaban J connectivity index is 2.18. The average Bonchev–Trinajstić information content (AvgIpc) is 3.07. The lowest BCUT2D eigenvalue weighted by Gasteiger charge is -2.15. The van der Waals surface area contributed by atoms with Gasteiger partial charge < -0.3 is 5.32 Å². The van der Waals surface area contributed by atoms with Crippen molar-refractivity contribution < 1.29 is 8.42 Å². The van der Waals surface area contributed by atoms with Gasteiger partial charge in [0.15, 0.2) is 0 Å². The zero-order valence-corrected chi connectivity index (χ0v) is 12.4. The maximum absolute atomic E-state index is 11.8. The Morgan fingerprint density at radius 3 is 2.65 bits per heavy atom. The highest BCUT2D eigenvalue weighted by molar-refractivity contribution is 7.98. The monoisotopic (exact) mass is 280 g/mol. The summed E-state index contributed by atoms with van der Waals surface area (Å²) in [4.78, 5) is 0. The van der Waals surface area contributed by atoms with Crippen LogP contribution in [0.3, 0.4) is 0 Å². The molecule has 0 amide bonds. The maximum atomic E-state index is 11.8. The van der Waals surface area contributed by atoms with Gasteiger partial charge in [0.1, 0.15) is 0 Å². The highest BCUT2D eigenvalue weighted by Gasteiger charge is 2.20. The summed E-state index contributed by atoms with van der Waals surface area (Å²) in [6, 6.07) is 0.733. The molecule has 102 valence electrons. The van der Waals surface area contributed by atoms with Crippen LogP contribution in [0.25, 0.3) is 0 Å². The van der Waals surface area contributed by atoms with Crippen molar-refractivity contribution in [1.29, 1.82) is 0 Å². The van der Waals surface area contributed by atoms with Gasteiger partial charge in [0.2, 0.25) is 10.0 Å². The first-order valence-corrected chi connectivity index (χ1v) is 9.34. The molecule has 0 radical (unpaired) electrons. The highest BCUT2D eigenvalue weighted by Crippen LogP contribution is 2.18. The Bertz CT molecular complexity index is 303. The van der Waals surface area contributed by atoms with E-state index in [0.29, 0.717) is 12.5 Å². The molecule has 4 nitrogen and oxygen atoms in total. The van der Waals surface area contributed by atoms with E-state index < -0.39 is 10.0 Å². The first-order chi connectivity index (χ1) is 8.07. The van der Waals surface area contributed by atoms with Crippen molar-refractivity contribution in [1.82, 2.24) is 10.0 Å². The number of thioether (sulfide) groups is 1. The number of sulfonamides is 1. The van der Waals surface area contributed by atoms with Gasteiger partial charge in [-0.1, -0.05) is 6.92 Å². The Morgan fingerprint density at radius 2 is 2.12 bits per heavy atom. The molecule has 1 rings (SSSR count). The van der Waals surface area contributed by atoms with E-state index in [9.17, 15) is 8.42 Å². The highest BCUT2D eigenvalue weighted by atomic mass is 32.2. The Morgan fingerprint density at radius 1 is 1.41 bits per heavy atom. The van der Waals surface area contributed by atoms with E-state index in [1.807, 2.05) is 13.2 Å². The Hall–Kier alpha value is 0.220. The van der Waals surface area contributed by atoms with Gasteiger partial charge >= 0.3 is 0 Å². The fourth-order valence-corrected chi connectivity index (χ4v) is 3.83. The molecule has 17 heavy (non-hydrogen) atoms. The molecule has 1 unspecified atom stereocenters. The number of hydrogen-bond acceptors (Lipinski definition) is 4. The smallest absolute Gasteiger partial charge is 0.211 e.